The number of aryl methyl sites for hydroxylation is 1. The summed E-state index contributed by atoms with van der Waals surface area (Å²) in [6, 6.07) is 22.8. The van der Waals surface area contributed by atoms with Crippen LogP contribution in [0.25, 0.3) is 44.3 Å². The van der Waals surface area contributed by atoms with Gasteiger partial charge in [0.2, 0.25) is 0 Å². The topological polar surface area (TPSA) is 26.0 Å². The number of fused-ring (bicyclic) bond motifs is 3. The number of hydrogen-bond acceptors (Lipinski definition) is 2. The monoisotopic (exact) mass is 353 g/mol. The summed E-state index contributed by atoms with van der Waals surface area (Å²) < 4.78 is 20.8. The molecule has 5 rings (SSSR count). The lowest BCUT2D eigenvalue weighted by atomic mass is 10.0. The number of aromatic nitrogens is 1. The van der Waals surface area contributed by atoms with Crippen LogP contribution >= 0.6 is 0 Å². The summed E-state index contributed by atoms with van der Waals surface area (Å²) in [7, 11) is 0. The van der Waals surface area contributed by atoms with Gasteiger partial charge in [-0.25, -0.2) is 4.39 Å². The Kier molecular flexibility index (Phi) is 3.54. The number of benzene rings is 3. The van der Waals surface area contributed by atoms with E-state index >= 15 is 0 Å². The third kappa shape index (κ3) is 2.68. The lowest BCUT2D eigenvalue weighted by Gasteiger charge is -2.03. The van der Waals surface area contributed by atoms with Crippen molar-refractivity contribution in [1.82, 2.24) is 4.98 Å². The van der Waals surface area contributed by atoms with Gasteiger partial charge in [0.1, 0.15) is 17.0 Å². The molecule has 2 nitrogen and oxygen atoms in total. The van der Waals surface area contributed by atoms with Crippen LogP contribution in [0, 0.1) is 12.7 Å². The minimum absolute atomic E-state index is 0.249. The Morgan fingerprint density at radius 3 is 2.41 bits per heavy atom. The van der Waals surface area contributed by atoms with E-state index in [1.165, 1.54) is 0 Å². The van der Waals surface area contributed by atoms with Crippen molar-refractivity contribution in [3.63, 3.8) is 0 Å². The molecule has 5 aromatic rings. The van der Waals surface area contributed by atoms with E-state index < -0.39 is 0 Å². The van der Waals surface area contributed by atoms with Crippen molar-refractivity contribution in [1.29, 1.82) is 0 Å². The van der Waals surface area contributed by atoms with Crippen molar-refractivity contribution in [3.05, 3.63) is 90.4 Å². The van der Waals surface area contributed by atoms with Crippen molar-refractivity contribution < 1.29 is 8.81 Å². The van der Waals surface area contributed by atoms with Crippen LogP contribution in [0.15, 0.2) is 83.4 Å². The zero-order valence-corrected chi connectivity index (χ0v) is 14.7. The van der Waals surface area contributed by atoms with Gasteiger partial charge >= 0.3 is 0 Å². The van der Waals surface area contributed by atoms with E-state index in [1.54, 1.807) is 18.3 Å². The van der Waals surface area contributed by atoms with Crippen molar-refractivity contribution in [2.75, 3.05) is 0 Å². The van der Waals surface area contributed by atoms with Gasteiger partial charge in [-0.2, -0.15) is 0 Å². The Balaban J connectivity index is 1.70. The molecule has 0 aliphatic heterocycles. The average Bonchev–Trinajstić information content (AvgIpc) is 3.04. The molecule has 0 radical (unpaired) electrons. The van der Waals surface area contributed by atoms with Crippen LogP contribution < -0.4 is 0 Å². The quantitative estimate of drug-likeness (QED) is 0.350. The van der Waals surface area contributed by atoms with E-state index in [1.807, 2.05) is 67.6 Å². The molecule has 130 valence electrons. The molecule has 0 N–H and O–H groups in total. The number of furan rings is 1. The summed E-state index contributed by atoms with van der Waals surface area (Å²) in [5.74, 6) is -0.249. The Bertz CT molecular complexity index is 1290. The van der Waals surface area contributed by atoms with Crippen LogP contribution in [0.3, 0.4) is 0 Å². The molecule has 0 unspecified atom stereocenters. The van der Waals surface area contributed by atoms with Gasteiger partial charge < -0.3 is 4.42 Å². The average molecular weight is 353 g/mol. The van der Waals surface area contributed by atoms with Crippen LogP contribution in [0.1, 0.15) is 5.56 Å². The fraction of sp³-hybridized carbons (Fsp3) is 0.0417. The molecule has 3 heteroatoms. The number of rotatable bonds is 2. The second-order valence-corrected chi connectivity index (χ2v) is 6.73. The standard InChI is InChI=1S/C24H16FNO/c1-15-9-10-26-22(11-15)17-7-8-18-20-13-21(25)19(16-5-3-2-4-6-16)14-24(20)27-23(18)12-17/h2-14H,1H3. The minimum Gasteiger partial charge on any atom is -0.456 e. The summed E-state index contributed by atoms with van der Waals surface area (Å²) in [6.07, 6.45) is 1.80. The molecular formula is C24H16FNO. The molecular weight excluding hydrogens is 337 g/mol. The molecule has 0 amide bonds. The van der Waals surface area contributed by atoms with Crippen molar-refractivity contribution in [3.8, 4) is 22.4 Å². The molecule has 0 bridgehead atoms. The van der Waals surface area contributed by atoms with Gasteiger partial charge in [0.25, 0.3) is 0 Å². The first kappa shape index (κ1) is 15.8. The largest absolute Gasteiger partial charge is 0.456 e. The van der Waals surface area contributed by atoms with Gasteiger partial charge in [-0.15, -0.1) is 0 Å². The second-order valence-electron chi connectivity index (χ2n) is 6.73. The minimum atomic E-state index is -0.249. The van der Waals surface area contributed by atoms with E-state index in [2.05, 4.69) is 4.98 Å². The second kappa shape index (κ2) is 6.06. The first-order chi connectivity index (χ1) is 13.2. The Morgan fingerprint density at radius 2 is 1.59 bits per heavy atom. The van der Waals surface area contributed by atoms with Gasteiger partial charge in [0, 0.05) is 28.1 Å². The summed E-state index contributed by atoms with van der Waals surface area (Å²) in [5, 5.41) is 1.69. The summed E-state index contributed by atoms with van der Waals surface area (Å²) in [4.78, 5) is 4.44. The third-order valence-electron chi connectivity index (χ3n) is 4.86. The zero-order valence-electron chi connectivity index (χ0n) is 14.7. The van der Waals surface area contributed by atoms with E-state index in [9.17, 15) is 4.39 Å². The highest BCUT2D eigenvalue weighted by Crippen LogP contribution is 2.35. The number of pyridine rings is 1. The summed E-state index contributed by atoms with van der Waals surface area (Å²) >= 11 is 0. The maximum Gasteiger partial charge on any atom is 0.136 e. The van der Waals surface area contributed by atoms with Crippen LogP contribution in [-0.2, 0) is 0 Å². The van der Waals surface area contributed by atoms with Crippen LogP contribution in [0.2, 0.25) is 0 Å². The number of hydrogen-bond donors (Lipinski definition) is 0. The molecule has 0 atom stereocenters. The highest BCUT2D eigenvalue weighted by molar-refractivity contribution is 6.06. The molecule has 0 aliphatic carbocycles. The van der Waals surface area contributed by atoms with Crippen molar-refractivity contribution >= 4 is 21.9 Å². The molecule has 2 heterocycles. The molecule has 0 saturated heterocycles. The van der Waals surface area contributed by atoms with Gasteiger partial charge in [-0.1, -0.05) is 36.4 Å². The van der Waals surface area contributed by atoms with E-state index in [4.69, 9.17) is 4.42 Å². The normalized spacial score (nSPS) is 11.3. The lowest BCUT2D eigenvalue weighted by Crippen LogP contribution is -1.84. The Labute approximate surface area is 155 Å². The van der Waals surface area contributed by atoms with Gasteiger partial charge in [-0.3, -0.25) is 4.98 Å². The van der Waals surface area contributed by atoms with Gasteiger partial charge in [0.15, 0.2) is 0 Å². The lowest BCUT2D eigenvalue weighted by molar-refractivity contribution is 0.629. The summed E-state index contributed by atoms with van der Waals surface area (Å²) in [6.45, 7) is 2.04. The maximum absolute atomic E-state index is 14.7. The van der Waals surface area contributed by atoms with Crippen LogP contribution in [-0.4, -0.2) is 4.98 Å². The predicted octanol–water partition coefficient (Wildman–Crippen LogP) is 6.76. The molecule has 0 fully saturated rings. The smallest absolute Gasteiger partial charge is 0.136 e. The fourth-order valence-corrected chi connectivity index (χ4v) is 3.49. The highest BCUT2D eigenvalue weighted by Gasteiger charge is 2.14. The molecule has 27 heavy (non-hydrogen) atoms. The predicted molar refractivity (Wildman–Crippen MR) is 107 cm³/mol. The molecule has 2 aromatic heterocycles. The van der Waals surface area contributed by atoms with Gasteiger partial charge in [0.05, 0.1) is 5.69 Å². The first-order valence-electron chi connectivity index (χ1n) is 8.83. The van der Waals surface area contributed by atoms with Crippen LogP contribution in [0.4, 0.5) is 4.39 Å². The highest BCUT2D eigenvalue weighted by atomic mass is 19.1. The number of halogens is 1. The Hall–Kier alpha value is -3.46. The molecule has 0 saturated carbocycles. The first-order valence-corrected chi connectivity index (χ1v) is 8.83. The molecule has 3 aromatic carbocycles. The van der Waals surface area contributed by atoms with Crippen molar-refractivity contribution in [2.24, 2.45) is 0 Å². The summed E-state index contributed by atoms with van der Waals surface area (Å²) in [5.41, 5.74) is 5.82. The molecule has 0 spiro atoms. The Morgan fingerprint density at radius 1 is 0.778 bits per heavy atom. The van der Waals surface area contributed by atoms with E-state index in [-0.39, 0.29) is 5.82 Å². The van der Waals surface area contributed by atoms with Gasteiger partial charge in [-0.05, 0) is 54.4 Å². The maximum atomic E-state index is 14.7. The fourth-order valence-electron chi connectivity index (χ4n) is 3.49. The zero-order chi connectivity index (χ0) is 18.4. The third-order valence-corrected chi connectivity index (χ3v) is 4.86. The molecule has 0 aliphatic rings. The van der Waals surface area contributed by atoms with Crippen LogP contribution in [0.5, 0.6) is 0 Å². The number of nitrogens with zero attached hydrogens (tertiary/aromatic N) is 1. The SMILES string of the molecule is Cc1ccnc(-c2ccc3c(c2)oc2cc(-c4ccccc4)c(F)cc23)c1. The van der Waals surface area contributed by atoms with E-state index in [0.717, 1.165) is 38.7 Å². The van der Waals surface area contributed by atoms with E-state index in [0.29, 0.717) is 11.1 Å². The van der Waals surface area contributed by atoms with Crippen molar-refractivity contribution in [2.45, 2.75) is 6.92 Å².